The van der Waals surface area contributed by atoms with Crippen molar-refractivity contribution in [1.29, 1.82) is 0 Å². The molecular weight excluding hydrogens is 511 g/mol. The van der Waals surface area contributed by atoms with E-state index in [1.54, 1.807) is 49.6 Å². The van der Waals surface area contributed by atoms with E-state index in [1.807, 2.05) is 0 Å². The monoisotopic (exact) mass is 534 g/mol. The fourth-order valence-corrected chi connectivity index (χ4v) is 5.65. The molecular formula is C25H24Cl2N2O5S. The minimum atomic E-state index is -3.74. The minimum Gasteiger partial charge on any atom is -0.497 e. The van der Waals surface area contributed by atoms with Gasteiger partial charge in [0.15, 0.2) is 5.75 Å². The molecule has 1 aliphatic rings. The number of carbonyl (C=O) groups excluding carboxylic acids is 1. The van der Waals surface area contributed by atoms with Gasteiger partial charge in [-0.25, -0.2) is 8.42 Å². The Kier molecular flexibility index (Phi) is 7.86. The maximum Gasteiger partial charge on any atom is 0.243 e. The molecule has 35 heavy (non-hydrogen) atoms. The zero-order chi connectivity index (χ0) is 25.0. The number of nitrogens with one attached hydrogen (secondary N) is 1. The zero-order valence-corrected chi connectivity index (χ0v) is 21.2. The third-order valence-electron chi connectivity index (χ3n) is 5.69. The first-order chi connectivity index (χ1) is 16.8. The summed E-state index contributed by atoms with van der Waals surface area (Å²) in [7, 11) is -2.16. The third-order valence-corrected chi connectivity index (χ3v) is 8.06. The predicted molar refractivity (Wildman–Crippen MR) is 136 cm³/mol. The molecule has 0 saturated carbocycles. The molecule has 1 N–H and O–H groups in total. The molecule has 3 aromatic carbocycles. The summed E-state index contributed by atoms with van der Waals surface area (Å²) in [6.07, 6.45) is 1.13. The van der Waals surface area contributed by atoms with E-state index >= 15 is 0 Å². The number of carbonyl (C=O) groups is 1. The molecule has 0 aliphatic carbocycles. The van der Waals surface area contributed by atoms with Crippen LogP contribution in [0, 0.1) is 5.92 Å². The first-order valence-corrected chi connectivity index (χ1v) is 13.1. The van der Waals surface area contributed by atoms with Crippen LogP contribution in [-0.2, 0) is 14.8 Å². The Morgan fingerprint density at radius 2 is 1.63 bits per heavy atom. The highest BCUT2D eigenvalue weighted by molar-refractivity contribution is 7.89. The molecule has 1 aliphatic heterocycles. The van der Waals surface area contributed by atoms with E-state index in [2.05, 4.69) is 5.32 Å². The molecule has 1 saturated heterocycles. The van der Waals surface area contributed by atoms with Crippen LogP contribution < -0.4 is 14.8 Å². The molecule has 0 spiro atoms. The van der Waals surface area contributed by atoms with Crippen LogP contribution in [0.1, 0.15) is 12.8 Å². The quantitative estimate of drug-likeness (QED) is 0.411. The second-order valence-electron chi connectivity index (χ2n) is 8.06. The van der Waals surface area contributed by atoms with Crippen LogP contribution in [-0.4, -0.2) is 38.8 Å². The molecule has 1 amide bonds. The van der Waals surface area contributed by atoms with Crippen LogP contribution in [0.25, 0.3) is 0 Å². The molecule has 0 radical (unpaired) electrons. The van der Waals surface area contributed by atoms with Crippen LogP contribution in [0.15, 0.2) is 71.6 Å². The van der Waals surface area contributed by atoms with Gasteiger partial charge in [0.25, 0.3) is 0 Å². The maximum absolute atomic E-state index is 13.2. The van der Waals surface area contributed by atoms with Gasteiger partial charge in [-0.2, -0.15) is 4.31 Å². The van der Waals surface area contributed by atoms with Gasteiger partial charge in [0, 0.05) is 23.1 Å². The lowest BCUT2D eigenvalue weighted by Gasteiger charge is -2.31. The van der Waals surface area contributed by atoms with Gasteiger partial charge < -0.3 is 14.8 Å². The van der Waals surface area contributed by atoms with E-state index in [4.69, 9.17) is 32.7 Å². The number of ether oxygens (including phenoxy) is 2. The first kappa shape index (κ1) is 25.3. The maximum atomic E-state index is 13.2. The Morgan fingerprint density at radius 3 is 2.31 bits per heavy atom. The van der Waals surface area contributed by atoms with E-state index in [9.17, 15) is 13.2 Å². The molecule has 1 fully saturated rings. The first-order valence-electron chi connectivity index (χ1n) is 10.9. The summed E-state index contributed by atoms with van der Waals surface area (Å²) in [5.74, 6) is 0.828. The number of methoxy groups -OCH3 is 1. The summed E-state index contributed by atoms with van der Waals surface area (Å²) in [5, 5.41) is 3.75. The summed E-state index contributed by atoms with van der Waals surface area (Å²) < 4.78 is 38.6. The Bertz CT molecular complexity index is 1300. The Balaban J connectivity index is 1.49. The number of sulfonamides is 1. The van der Waals surface area contributed by atoms with Gasteiger partial charge in [-0.1, -0.05) is 23.2 Å². The van der Waals surface area contributed by atoms with Crippen LogP contribution in [0.5, 0.6) is 17.2 Å². The second-order valence-corrected chi connectivity index (χ2v) is 10.9. The third kappa shape index (κ3) is 6.08. The Labute approximate surface area is 214 Å². The Morgan fingerprint density at radius 1 is 0.971 bits per heavy atom. The minimum absolute atomic E-state index is 0.0754. The molecule has 1 atom stereocenters. The summed E-state index contributed by atoms with van der Waals surface area (Å²) in [6, 6.07) is 18.0. The van der Waals surface area contributed by atoms with Crippen molar-refractivity contribution in [3.8, 4) is 17.2 Å². The fraction of sp³-hybridized carbons (Fsp3) is 0.240. The van der Waals surface area contributed by atoms with Gasteiger partial charge in [0.1, 0.15) is 11.5 Å². The van der Waals surface area contributed by atoms with E-state index in [0.29, 0.717) is 52.4 Å². The van der Waals surface area contributed by atoms with Gasteiger partial charge in [-0.05, 0) is 79.6 Å². The highest BCUT2D eigenvalue weighted by Gasteiger charge is 2.33. The molecule has 1 heterocycles. The van der Waals surface area contributed by atoms with Crippen molar-refractivity contribution in [3.63, 3.8) is 0 Å². The van der Waals surface area contributed by atoms with Gasteiger partial charge in [-0.3, -0.25) is 4.79 Å². The zero-order valence-electron chi connectivity index (χ0n) is 18.9. The van der Waals surface area contributed by atoms with E-state index in [0.717, 1.165) is 0 Å². The van der Waals surface area contributed by atoms with E-state index < -0.39 is 15.9 Å². The summed E-state index contributed by atoms with van der Waals surface area (Å²) >= 11 is 12.1. The standard InChI is InChI=1S/C25H24Cl2N2O5S/c1-33-20-7-9-21(10-8-20)34-24-13-6-19(27)15-23(24)28-25(30)17-3-2-14-29(16-17)35(31,32)22-11-4-18(26)5-12-22/h4-13,15,17H,2-3,14,16H2,1H3,(H,28,30). The Hall–Kier alpha value is -2.78. The average molecular weight is 535 g/mol. The number of piperidine rings is 1. The highest BCUT2D eigenvalue weighted by Crippen LogP contribution is 2.34. The van der Waals surface area contributed by atoms with Gasteiger partial charge in [0.2, 0.25) is 15.9 Å². The van der Waals surface area contributed by atoms with Gasteiger partial charge >= 0.3 is 0 Å². The molecule has 0 bridgehead atoms. The van der Waals surface area contributed by atoms with Crippen LogP contribution in [0.2, 0.25) is 10.0 Å². The van der Waals surface area contributed by atoms with Crippen molar-refractivity contribution in [3.05, 3.63) is 76.8 Å². The smallest absolute Gasteiger partial charge is 0.243 e. The molecule has 0 aromatic heterocycles. The van der Waals surface area contributed by atoms with Crippen LogP contribution in [0.4, 0.5) is 5.69 Å². The largest absolute Gasteiger partial charge is 0.497 e. The number of anilines is 1. The lowest BCUT2D eigenvalue weighted by Crippen LogP contribution is -2.43. The number of nitrogens with zero attached hydrogens (tertiary/aromatic N) is 1. The van der Waals surface area contributed by atoms with Crippen LogP contribution >= 0.6 is 23.2 Å². The van der Waals surface area contributed by atoms with Crippen molar-refractivity contribution >= 4 is 44.8 Å². The molecule has 10 heteroatoms. The predicted octanol–water partition coefficient (Wildman–Crippen LogP) is 5.83. The van der Waals surface area contributed by atoms with E-state index in [1.165, 1.54) is 28.6 Å². The summed E-state index contributed by atoms with van der Waals surface area (Å²) in [6.45, 7) is 0.420. The highest BCUT2D eigenvalue weighted by atomic mass is 35.5. The van der Waals surface area contributed by atoms with E-state index in [-0.39, 0.29) is 17.3 Å². The van der Waals surface area contributed by atoms with Crippen molar-refractivity contribution in [1.82, 2.24) is 4.31 Å². The molecule has 4 rings (SSSR count). The molecule has 3 aromatic rings. The number of halogens is 2. The lowest BCUT2D eigenvalue weighted by atomic mass is 9.98. The SMILES string of the molecule is COc1ccc(Oc2ccc(Cl)cc2NC(=O)C2CCCN(S(=O)(=O)c3ccc(Cl)cc3)C2)cc1. The van der Waals surface area contributed by atoms with Gasteiger partial charge in [-0.15, -0.1) is 0 Å². The number of hydrogen-bond donors (Lipinski definition) is 1. The van der Waals surface area contributed by atoms with Crippen molar-refractivity contribution in [2.45, 2.75) is 17.7 Å². The summed E-state index contributed by atoms with van der Waals surface area (Å²) in [5.41, 5.74) is 0.399. The van der Waals surface area contributed by atoms with Gasteiger partial charge in [0.05, 0.1) is 23.6 Å². The average Bonchev–Trinajstić information content (AvgIpc) is 2.86. The van der Waals surface area contributed by atoms with Crippen molar-refractivity contribution < 1.29 is 22.7 Å². The topological polar surface area (TPSA) is 84.9 Å². The molecule has 1 unspecified atom stereocenters. The van der Waals surface area contributed by atoms with Crippen molar-refractivity contribution in [2.75, 3.05) is 25.5 Å². The number of amides is 1. The summed E-state index contributed by atoms with van der Waals surface area (Å²) in [4.78, 5) is 13.3. The number of benzene rings is 3. The van der Waals surface area contributed by atoms with Crippen molar-refractivity contribution in [2.24, 2.45) is 5.92 Å². The lowest BCUT2D eigenvalue weighted by molar-refractivity contribution is -0.120. The molecule has 184 valence electrons. The number of hydrogen-bond acceptors (Lipinski definition) is 5. The fourth-order valence-electron chi connectivity index (χ4n) is 3.82. The normalized spacial score (nSPS) is 16.5. The second kappa shape index (κ2) is 10.9. The van der Waals surface area contributed by atoms with Crippen LogP contribution in [0.3, 0.4) is 0 Å². The number of rotatable bonds is 7. The molecule has 7 nitrogen and oxygen atoms in total.